The molecule has 39 heavy (non-hydrogen) atoms. The van der Waals surface area contributed by atoms with Crippen molar-refractivity contribution in [1.82, 2.24) is 35.0 Å². The molecule has 204 valence electrons. The maximum absolute atomic E-state index is 12.6. The van der Waals surface area contributed by atoms with Gasteiger partial charge in [0.2, 0.25) is 5.89 Å². The number of nitrogens with one attached hydrogen (secondary N) is 1. The van der Waals surface area contributed by atoms with Crippen LogP contribution >= 0.6 is 0 Å². The first-order valence-corrected chi connectivity index (χ1v) is 12.8. The van der Waals surface area contributed by atoms with E-state index in [0.29, 0.717) is 32.1 Å². The second kappa shape index (κ2) is 10.0. The van der Waals surface area contributed by atoms with Crippen LogP contribution in [0.1, 0.15) is 55.3 Å². The molecule has 2 N–H and O–H groups in total. The largest absolute Gasteiger partial charge is 0.465 e. The van der Waals surface area contributed by atoms with Crippen molar-refractivity contribution in [2.45, 2.75) is 52.6 Å². The highest BCUT2D eigenvalue weighted by molar-refractivity contribution is 5.90. The van der Waals surface area contributed by atoms with Gasteiger partial charge in [0.1, 0.15) is 6.33 Å². The number of benzene rings is 1. The number of nitrogens with zero attached hydrogens (tertiary/aromatic N) is 7. The zero-order valence-electron chi connectivity index (χ0n) is 22.7. The van der Waals surface area contributed by atoms with Gasteiger partial charge in [-0.05, 0) is 37.1 Å². The third-order valence-electron chi connectivity index (χ3n) is 6.95. The number of carbonyl (C=O) groups excluding carboxylic acids is 1. The molecule has 1 aromatic carbocycles. The Bertz CT molecular complexity index is 1540. The highest BCUT2D eigenvalue weighted by atomic mass is 16.5. The van der Waals surface area contributed by atoms with Crippen LogP contribution in [0.25, 0.3) is 16.8 Å². The molecule has 1 saturated heterocycles. The third-order valence-corrected chi connectivity index (χ3v) is 6.95. The standard InChI is InChI=1S/C27H32N8O4/c1-16-10-18(6-7-19(16)12-28-24(36)23-31-25(39-32-23)27(3,4)5)22-21-11-20(14-35(21)30-15-29-22)34-9-8-33(26(37)38)13-17(34)2/h6-7,10-11,14-15,17H,8-9,12-13H2,1-5H3,(H,28,36)(H,37,38)/t17-/m0/s1. The number of hydrogen-bond donors (Lipinski definition) is 2. The Morgan fingerprint density at radius 2 is 2.00 bits per heavy atom. The topological polar surface area (TPSA) is 142 Å². The number of carbonyl (C=O) groups is 2. The summed E-state index contributed by atoms with van der Waals surface area (Å²) in [6.07, 6.45) is 2.59. The number of aromatic nitrogens is 5. The van der Waals surface area contributed by atoms with Crippen molar-refractivity contribution in [3.63, 3.8) is 0 Å². The first-order valence-electron chi connectivity index (χ1n) is 12.8. The molecule has 2 amide bonds. The minimum absolute atomic E-state index is 0.0142. The van der Waals surface area contributed by atoms with Gasteiger partial charge >= 0.3 is 6.09 Å². The summed E-state index contributed by atoms with van der Waals surface area (Å²) in [5.74, 6) is 0.0320. The molecule has 0 radical (unpaired) electrons. The zero-order valence-corrected chi connectivity index (χ0v) is 22.7. The summed E-state index contributed by atoms with van der Waals surface area (Å²) in [6, 6.07) is 8.06. The second-order valence-corrected chi connectivity index (χ2v) is 10.9. The molecule has 1 aliphatic heterocycles. The molecule has 3 aromatic heterocycles. The van der Waals surface area contributed by atoms with E-state index in [-0.39, 0.29) is 17.3 Å². The number of fused-ring (bicyclic) bond motifs is 1. The molecule has 0 aliphatic carbocycles. The Morgan fingerprint density at radius 1 is 1.21 bits per heavy atom. The molecule has 1 aliphatic rings. The minimum Gasteiger partial charge on any atom is -0.465 e. The second-order valence-electron chi connectivity index (χ2n) is 10.9. The van der Waals surface area contributed by atoms with Crippen molar-refractivity contribution in [3.8, 4) is 11.3 Å². The molecular formula is C27H32N8O4. The zero-order chi connectivity index (χ0) is 27.9. The summed E-state index contributed by atoms with van der Waals surface area (Å²) in [5, 5.41) is 20.4. The number of aryl methyl sites for hydroxylation is 1. The summed E-state index contributed by atoms with van der Waals surface area (Å²) in [7, 11) is 0. The molecule has 0 unspecified atom stereocenters. The van der Waals surface area contributed by atoms with Crippen molar-refractivity contribution in [1.29, 1.82) is 0 Å². The summed E-state index contributed by atoms with van der Waals surface area (Å²) >= 11 is 0. The highest BCUT2D eigenvalue weighted by Crippen LogP contribution is 2.30. The molecule has 4 aromatic rings. The number of anilines is 1. The Balaban J connectivity index is 1.32. The Morgan fingerprint density at radius 3 is 2.67 bits per heavy atom. The number of carboxylic acid groups (broad SMARTS) is 1. The van der Waals surface area contributed by atoms with Crippen LogP contribution in [0.4, 0.5) is 10.5 Å². The van der Waals surface area contributed by atoms with Crippen LogP contribution in [0.15, 0.2) is 41.3 Å². The number of amides is 2. The summed E-state index contributed by atoms with van der Waals surface area (Å²) in [5.41, 5.74) is 5.16. The predicted octanol–water partition coefficient (Wildman–Crippen LogP) is 3.50. The van der Waals surface area contributed by atoms with Crippen molar-refractivity contribution >= 4 is 23.2 Å². The Hall–Kier alpha value is -4.48. The van der Waals surface area contributed by atoms with Gasteiger partial charge in [0.05, 0.1) is 23.1 Å². The maximum Gasteiger partial charge on any atom is 0.407 e. The van der Waals surface area contributed by atoms with Gasteiger partial charge in [-0.3, -0.25) is 4.79 Å². The van der Waals surface area contributed by atoms with E-state index in [9.17, 15) is 14.7 Å². The molecule has 1 atom stereocenters. The normalized spacial score (nSPS) is 16.1. The summed E-state index contributed by atoms with van der Waals surface area (Å²) in [6.45, 7) is 11.7. The third kappa shape index (κ3) is 5.27. The molecular weight excluding hydrogens is 500 g/mol. The molecule has 4 heterocycles. The lowest BCUT2D eigenvalue weighted by atomic mass is 9.97. The van der Waals surface area contributed by atoms with E-state index >= 15 is 0 Å². The highest BCUT2D eigenvalue weighted by Gasteiger charge is 2.28. The quantitative estimate of drug-likeness (QED) is 0.395. The number of hydrogen-bond acceptors (Lipinski definition) is 8. The van der Waals surface area contributed by atoms with Gasteiger partial charge in [-0.1, -0.05) is 38.1 Å². The lowest BCUT2D eigenvalue weighted by Gasteiger charge is -2.39. The van der Waals surface area contributed by atoms with Crippen LogP contribution < -0.4 is 10.2 Å². The molecule has 0 bridgehead atoms. The van der Waals surface area contributed by atoms with Crippen LogP contribution in [-0.2, 0) is 12.0 Å². The first kappa shape index (κ1) is 26.1. The average Bonchev–Trinajstić information content (AvgIpc) is 3.55. The van der Waals surface area contributed by atoms with Gasteiger partial charge in [0, 0.05) is 43.2 Å². The van der Waals surface area contributed by atoms with Crippen LogP contribution in [0, 0.1) is 6.92 Å². The SMILES string of the molecule is Cc1cc(-c2ncnn3cc(N4CCN(C(=O)O)C[C@@H]4C)cc23)ccc1CNC(=O)c1noc(C(C)(C)C)n1. The Kier molecular flexibility index (Phi) is 6.71. The number of rotatable bonds is 5. The van der Waals surface area contributed by atoms with E-state index in [1.807, 2.05) is 65.1 Å². The lowest BCUT2D eigenvalue weighted by molar-refractivity contribution is 0.0937. The molecule has 12 nitrogen and oxygen atoms in total. The summed E-state index contributed by atoms with van der Waals surface area (Å²) < 4.78 is 7.02. The van der Waals surface area contributed by atoms with E-state index in [1.165, 1.54) is 11.2 Å². The van der Waals surface area contributed by atoms with E-state index in [0.717, 1.165) is 33.6 Å². The van der Waals surface area contributed by atoms with E-state index in [1.54, 1.807) is 4.52 Å². The van der Waals surface area contributed by atoms with Gasteiger partial charge in [0.25, 0.3) is 11.7 Å². The average molecular weight is 533 g/mol. The predicted molar refractivity (Wildman–Crippen MR) is 144 cm³/mol. The minimum atomic E-state index is -0.889. The molecule has 12 heteroatoms. The Labute approximate surface area is 225 Å². The monoisotopic (exact) mass is 532 g/mol. The first-order chi connectivity index (χ1) is 18.5. The van der Waals surface area contributed by atoms with E-state index in [2.05, 4.69) is 30.4 Å². The van der Waals surface area contributed by atoms with Crippen molar-refractivity contribution in [2.75, 3.05) is 24.5 Å². The van der Waals surface area contributed by atoms with Crippen LogP contribution in [0.2, 0.25) is 0 Å². The van der Waals surface area contributed by atoms with Crippen molar-refractivity contribution < 1.29 is 19.2 Å². The van der Waals surface area contributed by atoms with Gasteiger partial charge in [-0.2, -0.15) is 10.1 Å². The molecule has 5 rings (SSSR count). The van der Waals surface area contributed by atoms with E-state index in [4.69, 9.17) is 4.52 Å². The fourth-order valence-corrected chi connectivity index (χ4v) is 4.73. The van der Waals surface area contributed by atoms with Gasteiger partial charge in [-0.25, -0.2) is 14.3 Å². The molecule has 0 saturated carbocycles. The maximum atomic E-state index is 12.6. The van der Waals surface area contributed by atoms with Crippen molar-refractivity contribution in [3.05, 3.63) is 59.6 Å². The lowest BCUT2D eigenvalue weighted by Crippen LogP contribution is -2.53. The van der Waals surface area contributed by atoms with Crippen LogP contribution in [-0.4, -0.2) is 72.4 Å². The van der Waals surface area contributed by atoms with Crippen LogP contribution in [0.5, 0.6) is 0 Å². The van der Waals surface area contributed by atoms with Crippen molar-refractivity contribution in [2.24, 2.45) is 0 Å². The molecule has 0 spiro atoms. The van der Waals surface area contributed by atoms with E-state index < -0.39 is 12.0 Å². The van der Waals surface area contributed by atoms with Crippen LogP contribution in [0.3, 0.4) is 0 Å². The number of piperazine rings is 1. The fourth-order valence-electron chi connectivity index (χ4n) is 4.73. The van der Waals surface area contributed by atoms with Gasteiger partial charge < -0.3 is 24.7 Å². The summed E-state index contributed by atoms with van der Waals surface area (Å²) in [4.78, 5) is 36.3. The van der Waals surface area contributed by atoms with Gasteiger partial charge in [0.15, 0.2) is 0 Å². The smallest absolute Gasteiger partial charge is 0.407 e. The van der Waals surface area contributed by atoms with Gasteiger partial charge in [-0.15, -0.1) is 0 Å². The fraction of sp³-hybridized carbons (Fsp3) is 0.407. The molecule has 1 fully saturated rings.